The van der Waals surface area contributed by atoms with Crippen molar-refractivity contribution in [3.63, 3.8) is 0 Å². The standard InChI is InChI=1S/C24H33N3O4/c1-18-7-6-8-19(2)24(18)25-23(29)16-27-13-11-26(12-14-27)15-20(28)17-31-22-10-5-4-9-21(22)30-3/h4-10,20,28H,11-17H2,1-3H3,(H,25,29)/i15D2,16D2. The molecule has 0 bridgehead atoms. The molecule has 0 aliphatic carbocycles. The molecule has 1 heterocycles. The van der Waals surface area contributed by atoms with Gasteiger partial charge in [0.15, 0.2) is 11.5 Å². The van der Waals surface area contributed by atoms with E-state index in [1.807, 2.05) is 32.0 Å². The van der Waals surface area contributed by atoms with Crippen LogP contribution in [0.1, 0.15) is 16.6 Å². The number of aryl methyl sites for hydroxylation is 2. The van der Waals surface area contributed by atoms with Gasteiger partial charge in [-0.25, -0.2) is 0 Å². The maximum absolute atomic E-state index is 12.8. The number of aliphatic hydroxyl groups is 1. The van der Waals surface area contributed by atoms with Gasteiger partial charge < -0.3 is 19.9 Å². The summed E-state index contributed by atoms with van der Waals surface area (Å²) in [5, 5.41) is 13.3. The molecule has 7 nitrogen and oxygen atoms in total. The molecule has 168 valence electrons. The van der Waals surface area contributed by atoms with Crippen LogP contribution in [0.4, 0.5) is 5.69 Å². The lowest BCUT2D eigenvalue weighted by Gasteiger charge is -2.35. The molecule has 1 amide bonds. The highest BCUT2D eigenvalue weighted by Crippen LogP contribution is 2.25. The summed E-state index contributed by atoms with van der Waals surface area (Å²) in [5.41, 5.74) is 2.28. The zero-order valence-electron chi connectivity index (χ0n) is 22.2. The van der Waals surface area contributed by atoms with Crippen LogP contribution < -0.4 is 14.8 Å². The number of amides is 1. The first-order chi connectivity index (χ1) is 16.5. The van der Waals surface area contributed by atoms with E-state index in [1.165, 1.54) is 16.9 Å². The largest absolute Gasteiger partial charge is 0.493 e. The van der Waals surface area contributed by atoms with Crippen molar-refractivity contribution in [3.05, 3.63) is 53.6 Å². The number of nitrogens with zero attached hydrogens (tertiary/aromatic N) is 2. The van der Waals surface area contributed by atoms with E-state index in [1.54, 1.807) is 24.3 Å². The number of carbonyl (C=O) groups is 1. The Kier molecular flexibility index (Phi) is 6.47. The van der Waals surface area contributed by atoms with E-state index in [9.17, 15) is 9.90 Å². The van der Waals surface area contributed by atoms with Gasteiger partial charge in [-0.05, 0) is 37.1 Å². The molecule has 0 aromatic heterocycles. The summed E-state index contributed by atoms with van der Waals surface area (Å²) in [5.74, 6) is 0.115. The number of ether oxygens (including phenoxy) is 2. The third kappa shape index (κ3) is 6.69. The summed E-state index contributed by atoms with van der Waals surface area (Å²) < 4.78 is 44.5. The number of rotatable bonds is 9. The Hall–Kier alpha value is -2.61. The van der Waals surface area contributed by atoms with Crippen molar-refractivity contribution in [3.8, 4) is 11.5 Å². The highest BCUT2D eigenvalue weighted by atomic mass is 16.5. The van der Waals surface area contributed by atoms with Crippen LogP contribution in [0.25, 0.3) is 0 Å². The van der Waals surface area contributed by atoms with E-state index in [4.69, 9.17) is 15.0 Å². The smallest absolute Gasteiger partial charge is 0.238 e. The molecule has 3 rings (SSSR count). The van der Waals surface area contributed by atoms with Gasteiger partial charge in [0.05, 0.1) is 16.3 Å². The first kappa shape index (κ1) is 18.0. The molecule has 1 atom stereocenters. The predicted molar refractivity (Wildman–Crippen MR) is 122 cm³/mol. The molecule has 2 aromatic rings. The lowest BCUT2D eigenvalue weighted by molar-refractivity contribution is -0.117. The minimum absolute atomic E-state index is 0.118. The second-order valence-corrected chi connectivity index (χ2v) is 7.41. The average molecular weight is 432 g/mol. The number of piperazine rings is 1. The van der Waals surface area contributed by atoms with Gasteiger partial charge in [-0.1, -0.05) is 30.3 Å². The highest BCUT2D eigenvalue weighted by Gasteiger charge is 2.21. The third-order valence-corrected chi connectivity index (χ3v) is 5.06. The van der Waals surface area contributed by atoms with Crippen molar-refractivity contribution in [2.24, 2.45) is 0 Å². The normalized spacial score (nSPS) is 18.8. The van der Waals surface area contributed by atoms with E-state index < -0.39 is 25.0 Å². The predicted octanol–water partition coefficient (Wildman–Crippen LogP) is 2.31. The molecule has 31 heavy (non-hydrogen) atoms. The second-order valence-electron chi connectivity index (χ2n) is 7.41. The van der Waals surface area contributed by atoms with Crippen molar-refractivity contribution in [1.29, 1.82) is 0 Å². The second kappa shape index (κ2) is 11.1. The van der Waals surface area contributed by atoms with Crippen molar-refractivity contribution >= 4 is 11.6 Å². The van der Waals surface area contributed by atoms with Crippen LogP contribution in [-0.4, -0.2) is 79.8 Å². The summed E-state index contributed by atoms with van der Waals surface area (Å²) in [6.45, 7) is -0.472. The molecule has 1 unspecified atom stereocenters. The van der Waals surface area contributed by atoms with Crippen LogP contribution in [0.15, 0.2) is 42.5 Å². The van der Waals surface area contributed by atoms with Crippen molar-refractivity contribution in [1.82, 2.24) is 9.80 Å². The van der Waals surface area contributed by atoms with Crippen LogP contribution in [-0.2, 0) is 4.79 Å². The Morgan fingerprint density at radius 3 is 2.32 bits per heavy atom. The number of β-amino-alcohol motifs (C(OH)–C–C–N with tert-alkyl or cyclic N) is 1. The summed E-state index contributed by atoms with van der Waals surface area (Å²) in [7, 11) is 1.50. The van der Waals surface area contributed by atoms with E-state index in [0.717, 1.165) is 11.1 Å². The summed E-state index contributed by atoms with van der Waals surface area (Å²) in [6, 6.07) is 12.5. The van der Waals surface area contributed by atoms with Gasteiger partial charge in [-0.2, -0.15) is 0 Å². The van der Waals surface area contributed by atoms with E-state index in [0.29, 0.717) is 17.2 Å². The lowest BCUT2D eigenvalue weighted by atomic mass is 10.1. The van der Waals surface area contributed by atoms with E-state index >= 15 is 0 Å². The fraction of sp³-hybridized carbons (Fsp3) is 0.458. The van der Waals surface area contributed by atoms with Gasteiger partial charge >= 0.3 is 0 Å². The number of methoxy groups -OCH3 is 1. The Morgan fingerprint density at radius 2 is 1.68 bits per heavy atom. The fourth-order valence-electron chi connectivity index (χ4n) is 3.40. The molecule has 0 radical (unpaired) electrons. The zero-order valence-corrected chi connectivity index (χ0v) is 18.2. The monoisotopic (exact) mass is 431 g/mol. The number of para-hydroxylation sites is 3. The van der Waals surface area contributed by atoms with Crippen LogP contribution in [0.5, 0.6) is 11.5 Å². The lowest BCUT2D eigenvalue weighted by Crippen LogP contribution is -2.50. The van der Waals surface area contributed by atoms with Crippen LogP contribution >= 0.6 is 0 Å². The summed E-state index contributed by atoms with van der Waals surface area (Å²) >= 11 is 0. The first-order valence-electron chi connectivity index (χ1n) is 12.3. The van der Waals surface area contributed by atoms with Crippen molar-refractivity contribution < 1.29 is 24.9 Å². The maximum Gasteiger partial charge on any atom is 0.238 e. The van der Waals surface area contributed by atoms with E-state index in [-0.39, 0.29) is 32.8 Å². The van der Waals surface area contributed by atoms with E-state index in [2.05, 4.69) is 5.32 Å². The fourth-order valence-corrected chi connectivity index (χ4v) is 3.40. The highest BCUT2D eigenvalue weighted by molar-refractivity contribution is 5.93. The SMILES string of the molecule is [2H]C([2H])(C(=O)Nc1c(C)cccc1C)N1CCN(C([2H])([2H])C(O)COc2ccccc2OC)CC1. The number of carbonyl (C=O) groups excluding carboxylic acids is 1. The maximum atomic E-state index is 12.8. The Bertz CT molecular complexity index is 1010. The van der Waals surface area contributed by atoms with Crippen molar-refractivity contribution in [2.75, 3.05) is 58.2 Å². The Morgan fingerprint density at radius 1 is 1.06 bits per heavy atom. The van der Waals surface area contributed by atoms with Crippen molar-refractivity contribution in [2.45, 2.75) is 20.0 Å². The molecule has 2 aromatic carbocycles. The van der Waals surface area contributed by atoms with Gasteiger partial charge in [0, 0.05) is 41.1 Å². The van der Waals surface area contributed by atoms with Gasteiger partial charge in [0.2, 0.25) is 5.91 Å². The Balaban J connectivity index is 1.58. The quantitative estimate of drug-likeness (QED) is 0.635. The number of aliphatic hydroxyl groups excluding tert-OH is 1. The van der Waals surface area contributed by atoms with Gasteiger partial charge in [0.1, 0.15) is 12.7 Å². The van der Waals surface area contributed by atoms with Crippen LogP contribution in [0, 0.1) is 13.8 Å². The molecular formula is C24H33N3O4. The number of hydrogen-bond acceptors (Lipinski definition) is 6. The molecule has 1 saturated heterocycles. The van der Waals surface area contributed by atoms with Gasteiger partial charge in [-0.3, -0.25) is 14.6 Å². The molecular weight excluding hydrogens is 394 g/mol. The minimum atomic E-state index is -2.28. The molecule has 1 fully saturated rings. The molecule has 1 aliphatic heterocycles. The molecule has 0 saturated carbocycles. The average Bonchev–Trinajstić information content (AvgIpc) is 2.84. The molecule has 1 aliphatic rings. The number of hydrogen-bond donors (Lipinski definition) is 2. The molecule has 2 N–H and O–H groups in total. The third-order valence-electron chi connectivity index (χ3n) is 5.06. The van der Waals surface area contributed by atoms with Gasteiger partial charge in [0.25, 0.3) is 0 Å². The summed E-state index contributed by atoms with van der Waals surface area (Å²) in [4.78, 5) is 15.6. The topological polar surface area (TPSA) is 74.3 Å². The number of nitrogens with one attached hydrogen (secondary N) is 1. The molecule has 7 heteroatoms. The molecule has 0 spiro atoms. The first-order valence-corrected chi connectivity index (χ1v) is 10.3. The summed E-state index contributed by atoms with van der Waals surface area (Å²) in [6.07, 6.45) is -1.46. The number of benzene rings is 2. The number of anilines is 1. The van der Waals surface area contributed by atoms with Gasteiger partial charge in [-0.15, -0.1) is 0 Å². The minimum Gasteiger partial charge on any atom is -0.493 e. The van der Waals surface area contributed by atoms with Crippen LogP contribution in [0.2, 0.25) is 0 Å². The Labute approximate surface area is 190 Å². The zero-order chi connectivity index (χ0) is 25.8. The van der Waals surface area contributed by atoms with Crippen LogP contribution in [0.3, 0.4) is 0 Å².